The highest BCUT2D eigenvalue weighted by atomic mass is 16.2. The highest BCUT2D eigenvalue weighted by Crippen LogP contribution is 2.14. The van der Waals surface area contributed by atoms with Crippen molar-refractivity contribution in [1.29, 1.82) is 0 Å². The van der Waals surface area contributed by atoms with E-state index in [1.807, 2.05) is 4.90 Å². The average molecular weight is 282 g/mol. The van der Waals surface area contributed by atoms with E-state index in [1.54, 1.807) is 0 Å². The van der Waals surface area contributed by atoms with Crippen molar-refractivity contribution in [2.24, 2.45) is 11.7 Å². The van der Waals surface area contributed by atoms with E-state index in [1.165, 1.54) is 0 Å². The lowest BCUT2D eigenvalue weighted by molar-refractivity contribution is -0.130. The van der Waals surface area contributed by atoms with Crippen LogP contribution >= 0.6 is 0 Å². The molecule has 7 nitrogen and oxygen atoms in total. The summed E-state index contributed by atoms with van der Waals surface area (Å²) in [7, 11) is 0. The van der Waals surface area contributed by atoms with Crippen molar-refractivity contribution < 1.29 is 14.4 Å². The Kier molecular flexibility index (Phi) is 4.94. The van der Waals surface area contributed by atoms with Crippen molar-refractivity contribution in [3.05, 3.63) is 0 Å². The van der Waals surface area contributed by atoms with E-state index < -0.39 is 0 Å². The van der Waals surface area contributed by atoms with Crippen molar-refractivity contribution in [2.45, 2.75) is 31.7 Å². The lowest BCUT2D eigenvalue weighted by Crippen LogP contribution is -2.50. The number of rotatable bonds is 4. The molecule has 20 heavy (non-hydrogen) atoms. The van der Waals surface area contributed by atoms with Crippen molar-refractivity contribution in [2.75, 3.05) is 26.2 Å². The van der Waals surface area contributed by atoms with Gasteiger partial charge in [0, 0.05) is 32.1 Å². The van der Waals surface area contributed by atoms with Gasteiger partial charge in [-0.05, 0) is 19.3 Å². The number of piperidine rings is 2. The fourth-order valence-corrected chi connectivity index (χ4v) is 2.73. The molecular formula is C13H22N4O3. The molecule has 2 aliphatic heterocycles. The van der Waals surface area contributed by atoms with Crippen LogP contribution in [0, 0.1) is 5.92 Å². The van der Waals surface area contributed by atoms with Crippen molar-refractivity contribution >= 4 is 17.7 Å². The molecule has 0 radical (unpaired) electrons. The van der Waals surface area contributed by atoms with Gasteiger partial charge in [-0.2, -0.15) is 0 Å². The predicted molar refractivity (Wildman–Crippen MR) is 72.5 cm³/mol. The topological polar surface area (TPSA) is 105 Å². The first-order valence-electron chi connectivity index (χ1n) is 7.12. The lowest BCUT2D eigenvalue weighted by Gasteiger charge is -2.32. The molecule has 2 aliphatic rings. The first-order chi connectivity index (χ1) is 9.54. The molecule has 1 unspecified atom stereocenters. The zero-order valence-electron chi connectivity index (χ0n) is 11.6. The van der Waals surface area contributed by atoms with Gasteiger partial charge in [0.05, 0.1) is 12.5 Å². The number of nitrogens with zero attached hydrogens (tertiary/aromatic N) is 1. The summed E-state index contributed by atoms with van der Waals surface area (Å²) in [6, 6.07) is 0.157. The van der Waals surface area contributed by atoms with Crippen LogP contribution in [0.3, 0.4) is 0 Å². The number of amides is 3. The SMILES string of the molecule is NC(=O)CN1CCC(NC(=O)C2CCC(=O)NC2)CC1. The van der Waals surface area contributed by atoms with Crippen molar-refractivity contribution in [1.82, 2.24) is 15.5 Å². The summed E-state index contributed by atoms with van der Waals surface area (Å²) in [6.45, 7) is 2.27. The Labute approximate surface area is 118 Å². The van der Waals surface area contributed by atoms with Crippen LogP contribution in [0.5, 0.6) is 0 Å². The number of nitrogens with two attached hydrogens (primary N) is 1. The molecule has 112 valence electrons. The second-order valence-corrected chi connectivity index (χ2v) is 5.56. The minimum absolute atomic E-state index is 0.0220. The third kappa shape index (κ3) is 4.19. The third-order valence-corrected chi connectivity index (χ3v) is 3.95. The summed E-state index contributed by atoms with van der Waals surface area (Å²) >= 11 is 0. The molecule has 1 atom stereocenters. The van der Waals surface area contributed by atoms with Gasteiger partial charge in [0.25, 0.3) is 0 Å². The van der Waals surface area contributed by atoms with Crippen LogP contribution in [0.15, 0.2) is 0 Å². The van der Waals surface area contributed by atoms with Gasteiger partial charge >= 0.3 is 0 Å². The van der Waals surface area contributed by atoms with E-state index in [0.29, 0.717) is 19.4 Å². The van der Waals surface area contributed by atoms with Crippen LogP contribution in [-0.4, -0.2) is 54.8 Å². The molecule has 0 aromatic heterocycles. The van der Waals surface area contributed by atoms with Crippen LogP contribution in [0.4, 0.5) is 0 Å². The van der Waals surface area contributed by atoms with Crippen molar-refractivity contribution in [3.8, 4) is 0 Å². The Hall–Kier alpha value is -1.63. The summed E-state index contributed by atoms with van der Waals surface area (Å²) in [6.07, 6.45) is 2.71. The molecule has 4 N–H and O–H groups in total. The number of nitrogens with one attached hydrogen (secondary N) is 2. The molecule has 0 bridgehead atoms. The maximum Gasteiger partial charge on any atom is 0.231 e. The maximum atomic E-state index is 12.1. The van der Waals surface area contributed by atoms with Crippen molar-refractivity contribution in [3.63, 3.8) is 0 Å². The second kappa shape index (κ2) is 6.69. The van der Waals surface area contributed by atoms with Crippen LogP contribution in [-0.2, 0) is 14.4 Å². The number of likely N-dealkylation sites (tertiary alicyclic amines) is 1. The second-order valence-electron chi connectivity index (χ2n) is 5.56. The van der Waals surface area contributed by atoms with E-state index >= 15 is 0 Å². The predicted octanol–water partition coefficient (Wildman–Crippen LogP) is -1.42. The number of carbonyl (C=O) groups is 3. The molecule has 2 saturated heterocycles. The standard InChI is InChI=1S/C13H22N4O3/c14-11(18)8-17-5-3-10(4-6-17)16-13(20)9-1-2-12(19)15-7-9/h9-10H,1-8H2,(H2,14,18)(H,15,19)(H,16,20). The van der Waals surface area contributed by atoms with E-state index in [0.717, 1.165) is 25.9 Å². The first kappa shape index (κ1) is 14.8. The average Bonchev–Trinajstić information content (AvgIpc) is 2.41. The van der Waals surface area contributed by atoms with Crippen LogP contribution in [0.25, 0.3) is 0 Å². The molecule has 0 aromatic carbocycles. The Bertz CT molecular complexity index is 381. The van der Waals surface area contributed by atoms with E-state index in [-0.39, 0.29) is 36.2 Å². The summed E-state index contributed by atoms with van der Waals surface area (Å²) in [5.41, 5.74) is 5.16. The Morgan fingerprint density at radius 1 is 1.30 bits per heavy atom. The molecule has 0 saturated carbocycles. The van der Waals surface area contributed by atoms with E-state index in [2.05, 4.69) is 10.6 Å². The summed E-state index contributed by atoms with van der Waals surface area (Å²) in [5, 5.41) is 5.76. The smallest absolute Gasteiger partial charge is 0.231 e. The van der Waals surface area contributed by atoms with Gasteiger partial charge in [-0.3, -0.25) is 19.3 Å². The minimum Gasteiger partial charge on any atom is -0.369 e. The van der Waals surface area contributed by atoms with Gasteiger partial charge in [-0.1, -0.05) is 0 Å². The molecule has 0 aliphatic carbocycles. The number of hydrogen-bond acceptors (Lipinski definition) is 4. The normalized spacial score (nSPS) is 25.0. The Morgan fingerprint density at radius 3 is 2.55 bits per heavy atom. The van der Waals surface area contributed by atoms with Gasteiger partial charge in [0.2, 0.25) is 17.7 Å². The monoisotopic (exact) mass is 282 g/mol. The molecule has 2 rings (SSSR count). The van der Waals surface area contributed by atoms with Crippen LogP contribution in [0.1, 0.15) is 25.7 Å². The molecule has 2 heterocycles. The fraction of sp³-hybridized carbons (Fsp3) is 0.769. The van der Waals surface area contributed by atoms with Gasteiger partial charge in [0.15, 0.2) is 0 Å². The van der Waals surface area contributed by atoms with Gasteiger partial charge in [0.1, 0.15) is 0 Å². The largest absolute Gasteiger partial charge is 0.369 e. The first-order valence-corrected chi connectivity index (χ1v) is 7.12. The summed E-state index contributed by atoms with van der Waals surface area (Å²) < 4.78 is 0. The van der Waals surface area contributed by atoms with Crippen LogP contribution < -0.4 is 16.4 Å². The minimum atomic E-state index is -0.314. The lowest BCUT2D eigenvalue weighted by atomic mass is 9.97. The quantitative estimate of drug-likeness (QED) is 0.588. The van der Waals surface area contributed by atoms with Gasteiger partial charge in [-0.25, -0.2) is 0 Å². The van der Waals surface area contributed by atoms with Crippen LogP contribution in [0.2, 0.25) is 0 Å². The van der Waals surface area contributed by atoms with Gasteiger partial charge in [-0.15, -0.1) is 0 Å². The maximum absolute atomic E-state index is 12.1. The molecule has 0 spiro atoms. The number of hydrogen-bond donors (Lipinski definition) is 3. The summed E-state index contributed by atoms with van der Waals surface area (Å²) in [5.74, 6) is -0.381. The van der Waals surface area contributed by atoms with E-state index in [4.69, 9.17) is 5.73 Å². The highest BCUT2D eigenvalue weighted by Gasteiger charge is 2.27. The third-order valence-electron chi connectivity index (χ3n) is 3.95. The van der Waals surface area contributed by atoms with E-state index in [9.17, 15) is 14.4 Å². The molecule has 0 aromatic rings. The van der Waals surface area contributed by atoms with Gasteiger partial charge < -0.3 is 16.4 Å². The zero-order chi connectivity index (χ0) is 14.5. The summed E-state index contributed by atoms with van der Waals surface area (Å²) in [4.78, 5) is 36.0. The molecule has 3 amide bonds. The molecular weight excluding hydrogens is 260 g/mol. The zero-order valence-corrected chi connectivity index (χ0v) is 11.6. The fourth-order valence-electron chi connectivity index (χ4n) is 2.73. The molecule has 7 heteroatoms. The molecule has 2 fully saturated rings. The number of carbonyl (C=O) groups excluding carboxylic acids is 3. The number of primary amides is 1. The Balaban J connectivity index is 1.71. The Morgan fingerprint density at radius 2 is 2.00 bits per heavy atom. The highest BCUT2D eigenvalue weighted by molar-refractivity contribution is 5.83.